The monoisotopic (exact) mass is 392 g/mol. The molecule has 0 bridgehead atoms. The standard InChI is InChI=1S/C19H21ClN2O3S/c1-14-5-7-18(8-6-14)26(24,25)22-11-9-15(10-12-22)19(23)21-17-4-2-3-16(20)13-17/h2-8,13,15H,9-12H2,1H3,(H,21,23). The van der Waals surface area contributed by atoms with Gasteiger partial charge in [-0.05, 0) is 50.1 Å². The van der Waals surface area contributed by atoms with Crippen molar-refractivity contribution in [3.63, 3.8) is 0 Å². The maximum atomic E-state index is 12.7. The first-order valence-electron chi connectivity index (χ1n) is 8.49. The van der Waals surface area contributed by atoms with Crippen LogP contribution in [0.4, 0.5) is 5.69 Å². The van der Waals surface area contributed by atoms with Crippen LogP contribution in [0.15, 0.2) is 53.4 Å². The van der Waals surface area contributed by atoms with Crippen LogP contribution in [0.2, 0.25) is 5.02 Å². The van der Waals surface area contributed by atoms with E-state index in [0.29, 0.717) is 41.5 Å². The van der Waals surface area contributed by atoms with Crippen LogP contribution in [0.1, 0.15) is 18.4 Å². The molecule has 1 aliphatic heterocycles. The molecule has 5 nitrogen and oxygen atoms in total. The van der Waals surface area contributed by atoms with Crippen LogP contribution in [0, 0.1) is 12.8 Å². The van der Waals surface area contributed by atoms with Crippen molar-refractivity contribution in [1.82, 2.24) is 4.31 Å². The SMILES string of the molecule is Cc1ccc(S(=O)(=O)N2CCC(C(=O)Nc3cccc(Cl)c3)CC2)cc1. The molecule has 0 unspecified atom stereocenters. The molecule has 1 amide bonds. The van der Waals surface area contributed by atoms with E-state index < -0.39 is 10.0 Å². The van der Waals surface area contributed by atoms with E-state index in [4.69, 9.17) is 11.6 Å². The zero-order chi connectivity index (χ0) is 18.7. The van der Waals surface area contributed by atoms with Crippen molar-refractivity contribution in [1.29, 1.82) is 0 Å². The van der Waals surface area contributed by atoms with Gasteiger partial charge in [0.1, 0.15) is 0 Å². The van der Waals surface area contributed by atoms with Gasteiger partial charge in [0.25, 0.3) is 0 Å². The molecule has 0 saturated carbocycles. The molecule has 0 spiro atoms. The minimum atomic E-state index is -3.51. The number of benzene rings is 2. The Morgan fingerprint density at radius 3 is 2.38 bits per heavy atom. The summed E-state index contributed by atoms with van der Waals surface area (Å²) in [6.45, 7) is 2.59. The van der Waals surface area contributed by atoms with Crippen molar-refractivity contribution in [3.8, 4) is 0 Å². The highest BCUT2D eigenvalue weighted by atomic mass is 35.5. The Labute approximate surface area is 159 Å². The summed E-state index contributed by atoms with van der Waals surface area (Å²) in [5.41, 5.74) is 1.66. The van der Waals surface area contributed by atoms with E-state index >= 15 is 0 Å². The number of anilines is 1. The second-order valence-corrected chi connectivity index (χ2v) is 8.87. The Morgan fingerprint density at radius 1 is 1.12 bits per heavy atom. The maximum Gasteiger partial charge on any atom is 0.243 e. The molecule has 7 heteroatoms. The van der Waals surface area contributed by atoms with Gasteiger partial charge in [-0.3, -0.25) is 4.79 Å². The van der Waals surface area contributed by atoms with E-state index in [2.05, 4.69) is 5.32 Å². The van der Waals surface area contributed by atoms with Gasteiger partial charge in [-0.2, -0.15) is 4.31 Å². The molecule has 0 atom stereocenters. The van der Waals surface area contributed by atoms with Crippen molar-refractivity contribution >= 4 is 33.2 Å². The fourth-order valence-corrected chi connectivity index (χ4v) is 4.69. The number of aryl methyl sites for hydroxylation is 1. The van der Waals surface area contributed by atoms with Gasteiger partial charge >= 0.3 is 0 Å². The average molecular weight is 393 g/mol. The number of carbonyl (C=O) groups is 1. The lowest BCUT2D eigenvalue weighted by atomic mass is 9.97. The third kappa shape index (κ3) is 4.26. The number of halogens is 1. The van der Waals surface area contributed by atoms with Gasteiger partial charge in [-0.1, -0.05) is 35.4 Å². The molecule has 1 heterocycles. The summed E-state index contributed by atoms with van der Waals surface area (Å²) >= 11 is 5.93. The fourth-order valence-electron chi connectivity index (χ4n) is 3.03. The first kappa shape index (κ1) is 18.9. The van der Waals surface area contributed by atoms with E-state index in [-0.39, 0.29) is 11.8 Å². The van der Waals surface area contributed by atoms with Gasteiger partial charge in [0.15, 0.2) is 0 Å². The second-order valence-electron chi connectivity index (χ2n) is 6.49. The number of sulfonamides is 1. The van der Waals surface area contributed by atoms with Crippen molar-refractivity contribution in [2.24, 2.45) is 5.92 Å². The molecule has 0 radical (unpaired) electrons. The van der Waals surface area contributed by atoms with Crippen molar-refractivity contribution < 1.29 is 13.2 Å². The van der Waals surface area contributed by atoms with E-state index in [1.807, 2.05) is 6.92 Å². The molecule has 0 aliphatic carbocycles. The lowest BCUT2D eigenvalue weighted by Crippen LogP contribution is -2.41. The summed E-state index contributed by atoms with van der Waals surface area (Å²) in [6.07, 6.45) is 0.995. The number of piperidine rings is 1. The van der Waals surface area contributed by atoms with Gasteiger partial charge in [0.05, 0.1) is 4.90 Å². The Morgan fingerprint density at radius 2 is 1.77 bits per heavy atom. The normalized spacial score (nSPS) is 16.4. The molecule has 1 saturated heterocycles. The summed E-state index contributed by atoms with van der Waals surface area (Å²) in [7, 11) is -3.51. The highest BCUT2D eigenvalue weighted by Crippen LogP contribution is 2.25. The lowest BCUT2D eigenvalue weighted by molar-refractivity contribution is -0.120. The topological polar surface area (TPSA) is 66.5 Å². The molecule has 0 aromatic heterocycles. The van der Waals surface area contributed by atoms with E-state index in [1.54, 1.807) is 48.5 Å². The molecule has 3 rings (SSSR count). The van der Waals surface area contributed by atoms with Crippen LogP contribution in [0.5, 0.6) is 0 Å². The highest BCUT2D eigenvalue weighted by Gasteiger charge is 2.32. The molecular formula is C19H21ClN2O3S. The lowest BCUT2D eigenvalue weighted by Gasteiger charge is -2.30. The molecule has 1 aliphatic rings. The Bertz CT molecular complexity index is 889. The molecule has 1 N–H and O–H groups in total. The van der Waals surface area contributed by atoms with Crippen LogP contribution in [0.25, 0.3) is 0 Å². The number of hydrogen-bond donors (Lipinski definition) is 1. The van der Waals surface area contributed by atoms with Crippen LogP contribution in [-0.2, 0) is 14.8 Å². The molecule has 26 heavy (non-hydrogen) atoms. The quantitative estimate of drug-likeness (QED) is 0.862. The molecule has 2 aromatic rings. The Balaban J connectivity index is 1.61. The zero-order valence-corrected chi connectivity index (χ0v) is 16.1. The Hall–Kier alpha value is -1.89. The molecule has 1 fully saturated rings. The van der Waals surface area contributed by atoms with E-state index in [1.165, 1.54) is 4.31 Å². The minimum Gasteiger partial charge on any atom is -0.326 e. The molecule has 138 valence electrons. The number of amides is 1. The van der Waals surface area contributed by atoms with Gasteiger partial charge in [0.2, 0.25) is 15.9 Å². The number of nitrogens with one attached hydrogen (secondary N) is 1. The third-order valence-electron chi connectivity index (χ3n) is 4.58. The number of hydrogen-bond acceptors (Lipinski definition) is 3. The van der Waals surface area contributed by atoms with Crippen molar-refractivity contribution in [2.75, 3.05) is 18.4 Å². The van der Waals surface area contributed by atoms with E-state index in [0.717, 1.165) is 5.56 Å². The predicted molar refractivity (Wildman–Crippen MR) is 103 cm³/mol. The van der Waals surface area contributed by atoms with Gasteiger partial charge in [-0.15, -0.1) is 0 Å². The number of nitrogens with zero attached hydrogens (tertiary/aromatic N) is 1. The van der Waals surface area contributed by atoms with E-state index in [9.17, 15) is 13.2 Å². The largest absolute Gasteiger partial charge is 0.326 e. The summed E-state index contributed by atoms with van der Waals surface area (Å²) in [4.78, 5) is 12.7. The molecule has 2 aromatic carbocycles. The number of carbonyl (C=O) groups excluding carboxylic acids is 1. The van der Waals surface area contributed by atoms with Crippen molar-refractivity contribution in [3.05, 3.63) is 59.1 Å². The summed E-state index contributed by atoms with van der Waals surface area (Å²) in [5.74, 6) is -0.307. The predicted octanol–water partition coefficient (Wildman–Crippen LogP) is 3.69. The average Bonchev–Trinajstić information content (AvgIpc) is 2.62. The van der Waals surface area contributed by atoms with Crippen LogP contribution in [-0.4, -0.2) is 31.7 Å². The summed E-state index contributed by atoms with van der Waals surface area (Å²) < 4.78 is 26.9. The summed E-state index contributed by atoms with van der Waals surface area (Å²) in [5, 5.41) is 3.41. The highest BCUT2D eigenvalue weighted by molar-refractivity contribution is 7.89. The second kappa shape index (κ2) is 7.78. The first-order valence-corrected chi connectivity index (χ1v) is 10.3. The van der Waals surface area contributed by atoms with Crippen LogP contribution >= 0.6 is 11.6 Å². The van der Waals surface area contributed by atoms with Gasteiger partial charge < -0.3 is 5.32 Å². The van der Waals surface area contributed by atoms with Crippen LogP contribution < -0.4 is 5.32 Å². The summed E-state index contributed by atoms with van der Waals surface area (Å²) in [6, 6.07) is 13.8. The first-order chi connectivity index (χ1) is 12.4. The molecular weight excluding hydrogens is 372 g/mol. The van der Waals surface area contributed by atoms with Gasteiger partial charge in [0, 0.05) is 29.7 Å². The maximum absolute atomic E-state index is 12.7. The van der Waals surface area contributed by atoms with Crippen molar-refractivity contribution in [2.45, 2.75) is 24.7 Å². The number of rotatable bonds is 4. The Kier molecular flexibility index (Phi) is 5.65. The fraction of sp³-hybridized carbons (Fsp3) is 0.316. The minimum absolute atomic E-state index is 0.0975. The zero-order valence-electron chi connectivity index (χ0n) is 14.5. The van der Waals surface area contributed by atoms with Gasteiger partial charge in [-0.25, -0.2) is 8.42 Å². The smallest absolute Gasteiger partial charge is 0.243 e. The third-order valence-corrected chi connectivity index (χ3v) is 6.72. The van der Waals surface area contributed by atoms with Crippen LogP contribution in [0.3, 0.4) is 0 Å².